The first kappa shape index (κ1) is 16.8. The highest BCUT2D eigenvalue weighted by Crippen LogP contribution is 2.30. The summed E-state index contributed by atoms with van der Waals surface area (Å²) in [7, 11) is 0. The number of piperidine rings is 1. The number of aliphatic hydroxyl groups excluding tert-OH is 1. The van der Waals surface area contributed by atoms with Crippen molar-refractivity contribution in [3.8, 4) is 0 Å². The molecule has 3 nitrogen and oxygen atoms in total. The molecule has 2 rings (SSSR count). The lowest BCUT2D eigenvalue weighted by molar-refractivity contribution is -0.137. The van der Waals surface area contributed by atoms with E-state index in [9.17, 15) is 23.1 Å². The van der Waals surface area contributed by atoms with Crippen LogP contribution in [-0.2, 0) is 11.0 Å². The number of nitrogens with zero attached hydrogens (tertiary/aromatic N) is 1. The van der Waals surface area contributed by atoms with E-state index in [-0.39, 0.29) is 24.3 Å². The molecule has 1 aliphatic rings. The Hall–Kier alpha value is -1.56. The molecule has 0 radical (unpaired) electrons. The van der Waals surface area contributed by atoms with Crippen LogP contribution in [-0.4, -0.2) is 35.1 Å². The van der Waals surface area contributed by atoms with Crippen LogP contribution in [0.2, 0.25) is 0 Å². The second-order valence-corrected chi connectivity index (χ2v) is 5.84. The molecular formula is C16H20F3NO2. The SMILES string of the molecule is CC(CC(=O)N1CCC(O)CC1)c1ccc(C(F)(F)F)cc1. The Morgan fingerprint density at radius 2 is 1.82 bits per heavy atom. The van der Waals surface area contributed by atoms with Gasteiger partial charge < -0.3 is 10.0 Å². The number of hydrogen-bond donors (Lipinski definition) is 1. The first-order chi connectivity index (χ1) is 10.3. The van der Waals surface area contributed by atoms with E-state index < -0.39 is 11.7 Å². The molecule has 22 heavy (non-hydrogen) atoms. The number of benzene rings is 1. The predicted octanol–water partition coefficient (Wildman–Crippen LogP) is 3.18. The van der Waals surface area contributed by atoms with E-state index in [0.29, 0.717) is 25.9 Å². The number of aliphatic hydroxyl groups is 1. The summed E-state index contributed by atoms with van der Waals surface area (Å²) in [6, 6.07) is 4.96. The Labute approximate surface area is 127 Å². The van der Waals surface area contributed by atoms with Gasteiger partial charge in [-0.2, -0.15) is 13.2 Å². The third-order valence-electron chi connectivity index (χ3n) is 4.11. The van der Waals surface area contributed by atoms with Crippen LogP contribution in [0.3, 0.4) is 0 Å². The molecule has 0 saturated carbocycles. The summed E-state index contributed by atoms with van der Waals surface area (Å²) in [6.45, 7) is 2.92. The molecule has 1 heterocycles. The second-order valence-electron chi connectivity index (χ2n) is 5.84. The van der Waals surface area contributed by atoms with Crippen LogP contribution >= 0.6 is 0 Å². The van der Waals surface area contributed by atoms with Gasteiger partial charge >= 0.3 is 6.18 Å². The lowest BCUT2D eigenvalue weighted by Gasteiger charge is -2.30. The molecule has 0 aliphatic carbocycles. The Balaban J connectivity index is 1.94. The van der Waals surface area contributed by atoms with Crippen molar-refractivity contribution in [2.24, 2.45) is 0 Å². The highest BCUT2D eigenvalue weighted by Gasteiger charge is 2.30. The van der Waals surface area contributed by atoms with Gasteiger partial charge in [-0.25, -0.2) is 0 Å². The molecule has 1 atom stereocenters. The summed E-state index contributed by atoms with van der Waals surface area (Å²) in [4.78, 5) is 13.9. The number of likely N-dealkylation sites (tertiary alicyclic amines) is 1. The minimum atomic E-state index is -4.34. The van der Waals surface area contributed by atoms with Gasteiger partial charge in [0.25, 0.3) is 0 Å². The number of halogens is 3. The molecule has 1 saturated heterocycles. The lowest BCUT2D eigenvalue weighted by atomic mass is 9.95. The van der Waals surface area contributed by atoms with E-state index in [0.717, 1.165) is 17.7 Å². The third kappa shape index (κ3) is 4.22. The quantitative estimate of drug-likeness (QED) is 0.930. The summed E-state index contributed by atoms with van der Waals surface area (Å²) in [5, 5.41) is 9.43. The van der Waals surface area contributed by atoms with Crippen LogP contribution in [0.4, 0.5) is 13.2 Å². The number of rotatable bonds is 3. The second kappa shape index (κ2) is 6.69. The minimum Gasteiger partial charge on any atom is -0.393 e. The lowest BCUT2D eigenvalue weighted by Crippen LogP contribution is -2.40. The Morgan fingerprint density at radius 1 is 1.27 bits per heavy atom. The van der Waals surface area contributed by atoms with E-state index in [4.69, 9.17) is 0 Å². The molecule has 1 aliphatic heterocycles. The number of carbonyl (C=O) groups is 1. The summed E-state index contributed by atoms with van der Waals surface area (Å²) < 4.78 is 37.6. The first-order valence-electron chi connectivity index (χ1n) is 7.40. The molecule has 0 bridgehead atoms. The topological polar surface area (TPSA) is 40.5 Å². The average molecular weight is 315 g/mol. The maximum absolute atomic E-state index is 12.5. The van der Waals surface area contributed by atoms with Gasteiger partial charge in [0, 0.05) is 19.5 Å². The molecule has 122 valence electrons. The number of amides is 1. The summed E-state index contributed by atoms with van der Waals surface area (Å²) in [5.74, 6) is -0.152. The maximum atomic E-state index is 12.5. The van der Waals surface area contributed by atoms with Crippen LogP contribution in [0.15, 0.2) is 24.3 Å². The van der Waals surface area contributed by atoms with Gasteiger partial charge in [-0.15, -0.1) is 0 Å². The molecule has 1 amide bonds. The molecule has 1 fully saturated rings. The van der Waals surface area contributed by atoms with Gasteiger partial charge in [0.1, 0.15) is 0 Å². The van der Waals surface area contributed by atoms with E-state index in [2.05, 4.69) is 0 Å². The smallest absolute Gasteiger partial charge is 0.393 e. The van der Waals surface area contributed by atoms with Crippen LogP contribution in [0, 0.1) is 0 Å². The van der Waals surface area contributed by atoms with E-state index in [1.165, 1.54) is 12.1 Å². The van der Waals surface area contributed by atoms with E-state index in [1.807, 2.05) is 6.92 Å². The largest absolute Gasteiger partial charge is 0.416 e. The zero-order chi connectivity index (χ0) is 16.3. The van der Waals surface area contributed by atoms with Crippen molar-refractivity contribution < 1.29 is 23.1 Å². The maximum Gasteiger partial charge on any atom is 0.416 e. The fourth-order valence-corrected chi connectivity index (χ4v) is 2.62. The highest BCUT2D eigenvalue weighted by atomic mass is 19.4. The number of carbonyl (C=O) groups excluding carboxylic acids is 1. The summed E-state index contributed by atoms with van der Waals surface area (Å²) >= 11 is 0. The van der Waals surface area contributed by atoms with Gasteiger partial charge in [-0.1, -0.05) is 19.1 Å². The highest BCUT2D eigenvalue weighted by molar-refractivity contribution is 5.77. The van der Waals surface area contributed by atoms with Gasteiger partial charge in [0.15, 0.2) is 0 Å². The molecule has 0 spiro atoms. The number of alkyl halides is 3. The molecule has 1 aromatic rings. The molecule has 0 aromatic heterocycles. The van der Waals surface area contributed by atoms with Crippen molar-refractivity contribution in [2.75, 3.05) is 13.1 Å². The van der Waals surface area contributed by atoms with Gasteiger partial charge in [-0.3, -0.25) is 4.79 Å². The summed E-state index contributed by atoms with van der Waals surface area (Å²) in [5.41, 5.74) is 0.0400. The predicted molar refractivity (Wildman–Crippen MR) is 76.3 cm³/mol. The zero-order valence-corrected chi connectivity index (χ0v) is 12.4. The Bertz CT molecular complexity index is 505. The summed E-state index contributed by atoms with van der Waals surface area (Å²) in [6.07, 6.45) is -3.24. The van der Waals surface area contributed by atoms with Crippen molar-refractivity contribution >= 4 is 5.91 Å². The monoisotopic (exact) mass is 315 g/mol. The van der Waals surface area contributed by atoms with Gasteiger partial charge in [0.2, 0.25) is 5.91 Å². The Morgan fingerprint density at radius 3 is 2.32 bits per heavy atom. The molecule has 6 heteroatoms. The Kier molecular flexibility index (Phi) is 5.11. The van der Waals surface area contributed by atoms with Crippen molar-refractivity contribution in [2.45, 2.75) is 44.4 Å². The van der Waals surface area contributed by atoms with Crippen LogP contribution < -0.4 is 0 Å². The fraction of sp³-hybridized carbons (Fsp3) is 0.562. The van der Waals surface area contributed by atoms with Crippen molar-refractivity contribution in [1.82, 2.24) is 4.90 Å². The zero-order valence-electron chi connectivity index (χ0n) is 12.4. The average Bonchev–Trinajstić information content (AvgIpc) is 2.47. The van der Waals surface area contributed by atoms with Crippen LogP contribution in [0.1, 0.15) is 43.2 Å². The third-order valence-corrected chi connectivity index (χ3v) is 4.11. The van der Waals surface area contributed by atoms with Gasteiger partial charge in [-0.05, 0) is 36.5 Å². The van der Waals surface area contributed by atoms with E-state index in [1.54, 1.807) is 4.90 Å². The van der Waals surface area contributed by atoms with Crippen molar-refractivity contribution in [1.29, 1.82) is 0 Å². The van der Waals surface area contributed by atoms with Crippen molar-refractivity contribution in [3.63, 3.8) is 0 Å². The number of hydrogen-bond acceptors (Lipinski definition) is 2. The molecule has 1 N–H and O–H groups in total. The van der Waals surface area contributed by atoms with Crippen molar-refractivity contribution in [3.05, 3.63) is 35.4 Å². The fourth-order valence-electron chi connectivity index (χ4n) is 2.62. The standard InChI is InChI=1S/C16H20F3NO2/c1-11(10-15(22)20-8-6-14(21)7-9-20)12-2-4-13(5-3-12)16(17,18)19/h2-5,11,14,21H,6-10H2,1H3. The minimum absolute atomic E-state index is 0.0145. The molecule has 1 unspecified atom stereocenters. The van der Waals surface area contributed by atoms with Crippen LogP contribution in [0.25, 0.3) is 0 Å². The normalized spacial score (nSPS) is 18.3. The van der Waals surface area contributed by atoms with Gasteiger partial charge in [0.05, 0.1) is 11.7 Å². The molecular weight excluding hydrogens is 295 g/mol. The van der Waals surface area contributed by atoms with E-state index >= 15 is 0 Å². The first-order valence-corrected chi connectivity index (χ1v) is 7.40. The van der Waals surface area contributed by atoms with Crippen LogP contribution in [0.5, 0.6) is 0 Å². The molecule has 1 aromatic carbocycles.